The molecule has 1 spiro atoms. The van der Waals surface area contributed by atoms with E-state index in [0.717, 1.165) is 18.7 Å². The number of benzene rings is 1. The van der Waals surface area contributed by atoms with E-state index in [4.69, 9.17) is 0 Å². The van der Waals surface area contributed by atoms with Crippen LogP contribution < -0.4 is 0 Å². The Morgan fingerprint density at radius 1 is 1.00 bits per heavy atom. The van der Waals surface area contributed by atoms with Gasteiger partial charge in [0.25, 0.3) is 0 Å². The molecule has 0 bridgehead atoms. The van der Waals surface area contributed by atoms with Gasteiger partial charge in [0.2, 0.25) is 0 Å². The van der Waals surface area contributed by atoms with Crippen LogP contribution in [0.5, 0.6) is 0 Å². The standard InChI is InChI=1S/C19H27NO/c1-16-5-7-17(8-6-16)18(21)15-20-13-11-19(12-14-20)9-3-2-4-10-19/h5-8H,2-4,9-15H2,1H3. The molecule has 0 N–H and O–H groups in total. The minimum atomic E-state index is 0.273. The Hall–Kier alpha value is -1.15. The van der Waals surface area contributed by atoms with Gasteiger partial charge in [0.15, 0.2) is 5.78 Å². The molecule has 1 aliphatic heterocycles. The van der Waals surface area contributed by atoms with Crippen LogP contribution in [0.3, 0.4) is 0 Å². The number of Topliss-reactive ketones (excluding diaryl/α,β-unsaturated/α-hetero) is 1. The lowest BCUT2D eigenvalue weighted by atomic mass is 9.68. The lowest BCUT2D eigenvalue weighted by Crippen LogP contribution is -2.43. The quantitative estimate of drug-likeness (QED) is 0.775. The molecule has 2 nitrogen and oxygen atoms in total. The molecule has 2 aliphatic rings. The molecule has 1 aromatic carbocycles. The summed E-state index contributed by atoms with van der Waals surface area (Å²) in [6, 6.07) is 7.98. The second-order valence-electron chi connectivity index (χ2n) is 7.13. The van der Waals surface area contributed by atoms with Crippen LogP contribution in [-0.2, 0) is 0 Å². The van der Waals surface area contributed by atoms with Crippen molar-refractivity contribution in [1.29, 1.82) is 0 Å². The van der Waals surface area contributed by atoms with Gasteiger partial charge in [-0.3, -0.25) is 9.69 Å². The van der Waals surface area contributed by atoms with Crippen LogP contribution in [0, 0.1) is 12.3 Å². The molecule has 1 aliphatic carbocycles. The maximum Gasteiger partial charge on any atom is 0.176 e. The largest absolute Gasteiger partial charge is 0.296 e. The van der Waals surface area contributed by atoms with Crippen LogP contribution in [-0.4, -0.2) is 30.3 Å². The van der Waals surface area contributed by atoms with Gasteiger partial charge in [0, 0.05) is 5.56 Å². The molecular formula is C19H27NO. The molecule has 2 heteroatoms. The number of likely N-dealkylation sites (tertiary alicyclic amines) is 1. The average molecular weight is 285 g/mol. The SMILES string of the molecule is Cc1ccc(C(=O)CN2CCC3(CCCCC3)CC2)cc1. The normalized spacial score (nSPS) is 22.3. The van der Waals surface area contributed by atoms with Crippen molar-refractivity contribution in [2.45, 2.75) is 51.9 Å². The molecule has 0 amide bonds. The van der Waals surface area contributed by atoms with E-state index in [0.29, 0.717) is 12.0 Å². The van der Waals surface area contributed by atoms with E-state index in [-0.39, 0.29) is 5.78 Å². The van der Waals surface area contributed by atoms with E-state index in [1.165, 1.54) is 50.5 Å². The molecule has 21 heavy (non-hydrogen) atoms. The van der Waals surface area contributed by atoms with E-state index >= 15 is 0 Å². The fourth-order valence-electron chi connectivity index (χ4n) is 4.02. The maximum absolute atomic E-state index is 12.4. The Bertz CT molecular complexity index is 475. The van der Waals surface area contributed by atoms with Gasteiger partial charge in [-0.05, 0) is 51.1 Å². The average Bonchev–Trinajstić information content (AvgIpc) is 2.51. The van der Waals surface area contributed by atoms with Gasteiger partial charge >= 0.3 is 0 Å². The van der Waals surface area contributed by atoms with Gasteiger partial charge in [0.05, 0.1) is 6.54 Å². The van der Waals surface area contributed by atoms with Gasteiger partial charge < -0.3 is 0 Å². The van der Waals surface area contributed by atoms with Gasteiger partial charge in [-0.1, -0.05) is 49.1 Å². The molecule has 0 unspecified atom stereocenters. The summed E-state index contributed by atoms with van der Waals surface area (Å²) in [5.74, 6) is 0.273. The summed E-state index contributed by atoms with van der Waals surface area (Å²) in [5, 5.41) is 0. The predicted molar refractivity (Wildman–Crippen MR) is 86.7 cm³/mol. The summed E-state index contributed by atoms with van der Waals surface area (Å²) >= 11 is 0. The Labute approximate surface area is 128 Å². The maximum atomic E-state index is 12.4. The highest BCUT2D eigenvalue weighted by Gasteiger charge is 2.35. The fourth-order valence-corrected chi connectivity index (χ4v) is 4.02. The Kier molecular flexibility index (Phi) is 4.44. The summed E-state index contributed by atoms with van der Waals surface area (Å²) in [7, 11) is 0. The first kappa shape index (κ1) is 14.8. The second-order valence-corrected chi connectivity index (χ2v) is 7.13. The van der Waals surface area contributed by atoms with Crippen LogP contribution in [0.4, 0.5) is 0 Å². The molecule has 1 saturated carbocycles. The van der Waals surface area contributed by atoms with Gasteiger partial charge in [-0.25, -0.2) is 0 Å². The van der Waals surface area contributed by atoms with Crippen LogP contribution >= 0.6 is 0 Å². The van der Waals surface area contributed by atoms with Crippen molar-refractivity contribution in [3.63, 3.8) is 0 Å². The minimum absolute atomic E-state index is 0.273. The molecule has 1 aromatic rings. The first-order valence-electron chi connectivity index (χ1n) is 8.49. The zero-order valence-electron chi connectivity index (χ0n) is 13.2. The highest BCUT2D eigenvalue weighted by molar-refractivity contribution is 5.97. The van der Waals surface area contributed by atoms with Crippen LogP contribution in [0.2, 0.25) is 0 Å². The van der Waals surface area contributed by atoms with E-state index < -0.39 is 0 Å². The highest BCUT2D eigenvalue weighted by Crippen LogP contribution is 2.44. The molecule has 0 radical (unpaired) electrons. The van der Waals surface area contributed by atoms with Crippen molar-refractivity contribution < 1.29 is 4.79 Å². The predicted octanol–water partition coefficient (Wildman–Crippen LogP) is 4.22. The molecule has 1 saturated heterocycles. The summed E-state index contributed by atoms with van der Waals surface area (Å²) in [6.45, 7) is 4.87. The fraction of sp³-hybridized carbons (Fsp3) is 0.632. The number of carbonyl (C=O) groups excluding carboxylic acids is 1. The Morgan fingerprint density at radius 3 is 2.24 bits per heavy atom. The number of carbonyl (C=O) groups is 1. The van der Waals surface area contributed by atoms with Gasteiger partial charge in [-0.2, -0.15) is 0 Å². The summed E-state index contributed by atoms with van der Waals surface area (Å²) in [5.41, 5.74) is 2.70. The van der Waals surface area contributed by atoms with Crippen LogP contribution in [0.1, 0.15) is 60.9 Å². The topological polar surface area (TPSA) is 20.3 Å². The molecule has 0 atom stereocenters. The third kappa shape index (κ3) is 3.55. The van der Waals surface area contributed by atoms with Crippen molar-refractivity contribution in [2.75, 3.05) is 19.6 Å². The first-order chi connectivity index (χ1) is 10.2. The number of ketones is 1. The number of aryl methyl sites for hydroxylation is 1. The highest BCUT2D eigenvalue weighted by atomic mass is 16.1. The number of hydrogen-bond acceptors (Lipinski definition) is 2. The van der Waals surface area contributed by atoms with Gasteiger partial charge in [0.1, 0.15) is 0 Å². The first-order valence-corrected chi connectivity index (χ1v) is 8.49. The molecular weight excluding hydrogens is 258 g/mol. The van der Waals surface area contributed by atoms with Crippen LogP contribution in [0.15, 0.2) is 24.3 Å². The number of piperidine rings is 1. The van der Waals surface area contributed by atoms with Crippen molar-refractivity contribution in [3.05, 3.63) is 35.4 Å². The number of hydrogen-bond donors (Lipinski definition) is 0. The summed E-state index contributed by atoms with van der Waals surface area (Å²) in [6.07, 6.45) is 9.71. The minimum Gasteiger partial charge on any atom is -0.296 e. The zero-order chi connectivity index (χ0) is 14.7. The van der Waals surface area contributed by atoms with Crippen LogP contribution in [0.25, 0.3) is 0 Å². The Morgan fingerprint density at radius 2 is 1.62 bits per heavy atom. The number of rotatable bonds is 3. The van der Waals surface area contributed by atoms with E-state index in [9.17, 15) is 4.79 Å². The van der Waals surface area contributed by atoms with Crippen molar-refractivity contribution in [2.24, 2.45) is 5.41 Å². The zero-order valence-corrected chi connectivity index (χ0v) is 13.2. The lowest BCUT2D eigenvalue weighted by Gasteiger charge is -2.44. The summed E-state index contributed by atoms with van der Waals surface area (Å²) < 4.78 is 0. The molecule has 0 aromatic heterocycles. The molecule has 114 valence electrons. The third-order valence-corrected chi connectivity index (χ3v) is 5.57. The van der Waals surface area contributed by atoms with Crippen molar-refractivity contribution in [1.82, 2.24) is 4.90 Å². The monoisotopic (exact) mass is 285 g/mol. The Balaban J connectivity index is 1.53. The smallest absolute Gasteiger partial charge is 0.176 e. The molecule has 1 heterocycles. The lowest BCUT2D eigenvalue weighted by molar-refractivity contribution is 0.0611. The molecule has 3 rings (SSSR count). The van der Waals surface area contributed by atoms with E-state index in [1.807, 2.05) is 24.3 Å². The van der Waals surface area contributed by atoms with E-state index in [2.05, 4.69) is 11.8 Å². The van der Waals surface area contributed by atoms with Crippen molar-refractivity contribution in [3.8, 4) is 0 Å². The van der Waals surface area contributed by atoms with E-state index in [1.54, 1.807) is 0 Å². The summed E-state index contributed by atoms with van der Waals surface area (Å²) in [4.78, 5) is 14.7. The third-order valence-electron chi connectivity index (χ3n) is 5.57. The van der Waals surface area contributed by atoms with Gasteiger partial charge in [-0.15, -0.1) is 0 Å². The van der Waals surface area contributed by atoms with Crippen molar-refractivity contribution >= 4 is 5.78 Å². The second kappa shape index (κ2) is 6.31. The molecule has 2 fully saturated rings. The number of nitrogens with zero attached hydrogens (tertiary/aromatic N) is 1.